The summed E-state index contributed by atoms with van der Waals surface area (Å²) in [5.74, 6) is 1.83. The molecule has 2 aromatic carbocycles. The van der Waals surface area contributed by atoms with Crippen molar-refractivity contribution in [1.29, 1.82) is 0 Å². The van der Waals surface area contributed by atoms with Gasteiger partial charge in [0.25, 0.3) is 0 Å². The van der Waals surface area contributed by atoms with Crippen molar-refractivity contribution in [2.45, 2.75) is 26.1 Å². The van der Waals surface area contributed by atoms with Crippen molar-refractivity contribution >= 4 is 11.0 Å². The molecule has 7 heteroatoms. The van der Waals surface area contributed by atoms with Gasteiger partial charge in [-0.1, -0.05) is 6.07 Å². The Labute approximate surface area is 187 Å². The van der Waals surface area contributed by atoms with E-state index in [1.165, 1.54) is 0 Å². The molecule has 170 valence electrons. The van der Waals surface area contributed by atoms with E-state index >= 15 is 0 Å². The van der Waals surface area contributed by atoms with Gasteiger partial charge in [-0.25, -0.2) is 4.79 Å². The van der Waals surface area contributed by atoms with E-state index in [0.29, 0.717) is 40.6 Å². The van der Waals surface area contributed by atoms with Crippen molar-refractivity contribution < 1.29 is 23.4 Å². The molecule has 0 aliphatic carbocycles. The Morgan fingerprint density at radius 3 is 2.44 bits per heavy atom. The number of methoxy groups -OCH3 is 2. The number of morpholine rings is 1. The van der Waals surface area contributed by atoms with Crippen LogP contribution in [0, 0.1) is 0 Å². The molecule has 7 nitrogen and oxygen atoms in total. The highest BCUT2D eigenvalue weighted by Gasteiger charge is 2.21. The van der Waals surface area contributed by atoms with Crippen molar-refractivity contribution in [3.63, 3.8) is 0 Å². The SMILES string of the molecule is COc1ccc(-c2cc3ccc(OCCN4C[C@H](C)O[C@@H](C)C4)cc3oc2=O)cc1OC. The summed E-state index contributed by atoms with van der Waals surface area (Å²) in [4.78, 5) is 15.0. The normalized spacial score (nSPS) is 19.1. The zero-order chi connectivity index (χ0) is 22.7. The molecule has 0 N–H and O–H groups in total. The number of hydrogen-bond donors (Lipinski definition) is 0. The molecule has 1 fully saturated rings. The molecule has 0 bridgehead atoms. The lowest BCUT2D eigenvalue weighted by molar-refractivity contribution is -0.0699. The largest absolute Gasteiger partial charge is 0.493 e. The monoisotopic (exact) mass is 439 g/mol. The van der Waals surface area contributed by atoms with Gasteiger partial charge in [-0.05, 0) is 49.7 Å². The zero-order valence-electron chi connectivity index (χ0n) is 18.9. The van der Waals surface area contributed by atoms with E-state index in [1.807, 2.05) is 24.3 Å². The van der Waals surface area contributed by atoms with Gasteiger partial charge in [-0.15, -0.1) is 0 Å². The standard InChI is InChI=1S/C25H29NO6/c1-16-14-26(15-17(2)31-16)9-10-30-20-7-5-19-11-21(25(27)32-23(19)13-20)18-6-8-22(28-3)24(12-18)29-4/h5-8,11-13,16-17H,9-10,14-15H2,1-4H3/t16-,17-/m0/s1. The molecule has 0 unspecified atom stereocenters. The van der Waals surface area contributed by atoms with Crippen LogP contribution in [0.4, 0.5) is 0 Å². The second-order valence-corrected chi connectivity index (χ2v) is 8.08. The third-order valence-electron chi connectivity index (χ3n) is 5.57. The summed E-state index contributed by atoms with van der Waals surface area (Å²) in [5.41, 5.74) is 1.23. The summed E-state index contributed by atoms with van der Waals surface area (Å²) in [5, 5.41) is 0.817. The smallest absolute Gasteiger partial charge is 0.344 e. The number of rotatable bonds is 7. The minimum Gasteiger partial charge on any atom is -0.493 e. The quantitative estimate of drug-likeness (QED) is 0.516. The highest BCUT2D eigenvalue weighted by molar-refractivity contribution is 5.83. The van der Waals surface area contributed by atoms with Crippen LogP contribution < -0.4 is 19.8 Å². The molecule has 2 atom stereocenters. The maximum Gasteiger partial charge on any atom is 0.344 e. The predicted octanol–water partition coefficient (Wildman–Crippen LogP) is 3.97. The summed E-state index contributed by atoms with van der Waals surface area (Å²) in [6, 6.07) is 12.7. The Balaban J connectivity index is 1.49. The molecule has 0 amide bonds. The molecule has 0 saturated carbocycles. The average molecular weight is 440 g/mol. The van der Waals surface area contributed by atoms with Crippen LogP contribution >= 0.6 is 0 Å². The molecule has 1 saturated heterocycles. The lowest BCUT2D eigenvalue weighted by Crippen LogP contribution is -2.46. The first kappa shape index (κ1) is 22.2. The van der Waals surface area contributed by atoms with Gasteiger partial charge in [0.15, 0.2) is 11.5 Å². The van der Waals surface area contributed by atoms with Crippen molar-refractivity contribution in [3.8, 4) is 28.4 Å². The second kappa shape index (κ2) is 9.63. The number of nitrogens with zero attached hydrogens (tertiary/aromatic N) is 1. The van der Waals surface area contributed by atoms with E-state index in [0.717, 1.165) is 25.0 Å². The molecule has 0 spiro atoms. The molecule has 4 rings (SSSR count). The predicted molar refractivity (Wildman–Crippen MR) is 123 cm³/mol. The van der Waals surface area contributed by atoms with Crippen LogP contribution in [0.5, 0.6) is 17.2 Å². The van der Waals surface area contributed by atoms with Gasteiger partial charge in [-0.2, -0.15) is 0 Å². The molecule has 1 aliphatic rings. The topological polar surface area (TPSA) is 70.4 Å². The summed E-state index contributed by atoms with van der Waals surface area (Å²) in [6.45, 7) is 7.35. The molecule has 32 heavy (non-hydrogen) atoms. The number of ether oxygens (including phenoxy) is 4. The average Bonchev–Trinajstić information content (AvgIpc) is 2.77. The van der Waals surface area contributed by atoms with Crippen molar-refractivity contribution in [3.05, 3.63) is 52.9 Å². The molecule has 3 aromatic rings. The highest BCUT2D eigenvalue weighted by Crippen LogP contribution is 2.32. The number of hydrogen-bond acceptors (Lipinski definition) is 7. The fourth-order valence-electron chi connectivity index (χ4n) is 4.15. The molecular weight excluding hydrogens is 410 g/mol. The van der Waals surface area contributed by atoms with Crippen molar-refractivity contribution in [2.24, 2.45) is 0 Å². The number of benzene rings is 2. The highest BCUT2D eigenvalue weighted by atomic mass is 16.5. The van der Waals surface area contributed by atoms with E-state index in [-0.39, 0.29) is 12.2 Å². The van der Waals surface area contributed by atoms with Crippen molar-refractivity contribution in [1.82, 2.24) is 4.90 Å². The summed E-state index contributed by atoms with van der Waals surface area (Å²) in [7, 11) is 3.13. The van der Waals surface area contributed by atoms with Crippen molar-refractivity contribution in [2.75, 3.05) is 40.5 Å². The Kier molecular flexibility index (Phi) is 6.67. The molecular formula is C25H29NO6. The molecule has 0 radical (unpaired) electrons. The van der Waals surface area contributed by atoms with Crippen LogP contribution in [0.25, 0.3) is 22.1 Å². The minimum atomic E-state index is -0.418. The molecule has 1 aromatic heterocycles. The van der Waals surface area contributed by atoms with Gasteiger partial charge in [0.05, 0.1) is 32.0 Å². The first-order chi connectivity index (χ1) is 15.5. The van der Waals surface area contributed by atoms with Crippen LogP contribution in [-0.4, -0.2) is 57.6 Å². The van der Waals surface area contributed by atoms with E-state index in [1.54, 1.807) is 32.4 Å². The minimum absolute atomic E-state index is 0.230. The van der Waals surface area contributed by atoms with E-state index in [2.05, 4.69) is 18.7 Å². The van der Waals surface area contributed by atoms with Gasteiger partial charge < -0.3 is 23.4 Å². The summed E-state index contributed by atoms with van der Waals surface area (Å²) >= 11 is 0. The van der Waals surface area contributed by atoms with E-state index in [9.17, 15) is 4.79 Å². The zero-order valence-corrected chi connectivity index (χ0v) is 18.9. The third kappa shape index (κ3) is 4.89. The maximum atomic E-state index is 12.7. The summed E-state index contributed by atoms with van der Waals surface area (Å²) in [6.07, 6.45) is 0.460. The Bertz CT molecular complexity index is 1130. The van der Waals surface area contributed by atoms with E-state index < -0.39 is 5.63 Å². The number of fused-ring (bicyclic) bond motifs is 1. The van der Waals surface area contributed by atoms with Gasteiger partial charge >= 0.3 is 5.63 Å². The lowest BCUT2D eigenvalue weighted by atomic mass is 10.1. The fraction of sp³-hybridized carbons (Fsp3) is 0.400. The third-order valence-corrected chi connectivity index (χ3v) is 5.57. The Hall–Kier alpha value is -3.03. The lowest BCUT2D eigenvalue weighted by Gasteiger charge is -2.35. The molecule has 2 heterocycles. The molecule has 1 aliphatic heterocycles. The second-order valence-electron chi connectivity index (χ2n) is 8.08. The van der Waals surface area contributed by atoms with Gasteiger partial charge in [0.2, 0.25) is 0 Å². The van der Waals surface area contributed by atoms with Crippen LogP contribution in [-0.2, 0) is 4.74 Å². The van der Waals surface area contributed by atoms with Crippen LogP contribution in [0.3, 0.4) is 0 Å². The fourth-order valence-corrected chi connectivity index (χ4v) is 4.15. The van der Waals surface area contributed by atoms with Crippen LogP contribution in [0.1, 0.15) is 13.8 Å². The van der Waals surface area contributed by atoms with Gasteiger partial charge in [0.1, 0.15) is 17.9 Å². The summed E-state index contributed by atoms with van der Waals surface area (Å²) < 4.78 is 27.9. The van der Waals surface area contributed by atoms with Gasteiger partial charge in [0, 0.05) is 31.1 Å². The first-order valence-corrected chi connectivity index (χ1v) is 10.8. The van der Waals surface area contributed by atoms with Crippen LogP contribution in [0.2, 0.25) is 0 Å². The van der Waals surface area contributed by atoms with Crippen LogP contribution in [0.15, 0.2) is 51.7 Å². The Morgan fingerprint density at radius 1 is 0.969 bits per heavy atom. The maximum absolute atomic E-state index is 12.7. The first-order valence-electron chi connectivity index (χ1n) is 10.8. The van der Waals surface area contributed by atoms with Gasteiger partial charge in [-0.3, -0.25) is 4.90 Å². The van der Waals surface area contributed by atoms with E-state index in [4.69, 9.17) is 23.4 Å². The Morgan fingerprint density at radius 2 is 1.72 bits per heavy atom.